The van der Waals surface area contributed by atoms with Gasteiger partial charge in [0.2, 0.25) is 0 Å². The lowest BCUT2D eigenvalue weighted by atomic mass is 9.93. The van der Waals surface area contributed by atoms with Gasteiger partial charge in [-0.2, -0.15) is 5.10 Å². The number of fused-ring (bicyclic) bond motifs is 1. The van der Waals surface area contributed by atoms with E-state index in [-0.39, 0.29) is 0 Å². The van der Waals surface area contributed by atoms with Gasteiger partial charge in [0.05, 0.1) is 12.1 Å². The number of likely N-dealkylation sites (tertiary alicyclic amines) is 1. The van der Waals surface area contributed by atoms with E-state index in [0.29, 0.717) is 5.92 Å². The second-order valence-corrected chi connectivity index (χ2v) is 8.32. The van der Waals surface area contributed by atoms with Crippen LogP contribution in [0.25, 0.3) is 22.4 Å². The van der Waals surface area contributed by atoms with E-state index in [9.17, 15) is 0 Å². The lowest BCUT2D eigenvalue weighted by Gasteiger charge is -2.30. The van der Waals surface area contributed by atoms with Crippen LogP contribution in [-0.2, 0) is 13.1 Å². The summed E-state index contributed by atoms with van der Waals surface area (Å²) in [5, 5.41) is 17.4. The third-order valence-electron chi connectivity index (χ3n) is 6.31. The van der Waals surface area contributed by atoms with Crippen molar-refractivity contribution in [2.75, 3.05) is 13.1 Å². The topological polar surface area (TPSA) is 88.4 Å². The molecule has 1 aliphatic rings. The summed E-state index contributed by atoms with van der Waals surface area (Å²) < 4.78 is 2.09. The zero-order valence-electron chi connectivity index (χ0n) is 18.3. The molecule has 0 radical (unpaired) electrons. The van der Waals surface area contributed by atoms with Crippen LogP contribution in [0, 0.1) is 13.8 Å². The highest BCUT2D eigenvalue weighted by atomic mass is 15.3. The molecule has 0 bridgehead atoms. The molecule has 0 saturated carbocycles. The van der Waals surface area contributed by atoms with Gasteiger partial charge in [-0.25, -0.2) is 9.97 Å². The second-order valence-electron chi connectivity index (χ2n) is 8.32. The first-order valence-electron chi connectivity index (χ1n) is 11.0. The number of aromatic amines is 1. The summed E-state index contributed by atoms with van der Waals surface area (Å²) in [5.41, 5.74) is 4.14. The SMILES string of the molecule is CCn1c(C)nnc1-c1cc(C2CCN(Cc3nc(C)c4ccccc4n3)CC2)[nH]n1. The Morgan fingerprint density at radius 3 is 2.68 bits per heavy atom. The Balaban J connectivity index is 1.24. The number of hydrogen-bond acceptors (Lipinski definition) is 6. The van der Waals surface area contributed by atoms with Gasteiger partial charge >= 0.3 is 0 Å². The summed E-state index contributed by atoms with van der Waals surface area (Å²) in [6.45, 7) is 9.83. The summed E-state index contributed by atoms with van der Waals surface area (Å²) in [4.78, 5) is 12.0. The van der Waals surface area contributed by atoms with Crippen molar-refractivity contribution in [1.29, 1.82) is 0 Å². The van der Waals surface area contributed by atoms with Gasteiger partial charge < -0.3 is 4.57 Å². The number of para-hydroxylation sites is 1. The van der Waals surface area contributed by atoms with Crippen LogP contribution in [0.4, 0.5) is 0 Å². The minimum atomic E-state index is 0.482. The molecule has 1 aliphatic heterocycles. The summed E-state index contributed by atoms with van der Waals surface area (Å²) in [6.07, 6.45) is 2.18. The third kappa shape index (κ3) is 3.83. The first kappa shape index (κ1) is 19.8. The lowest BCUT2D eigenvalue weighted by Crippen LogP contribution is -2.33. The van der Waals surface area contributed by atoms with E-state index >= 15 is 0 Å². The Morgan fingerprint density at radius 1 is 1.06 bits per heavy atom. The van der Waals surface area contributed by atoms with E-state index in [0.717, 1.165) is 78.8 Å². The highest BCUT2D eigenvalue weighted by Crippen LogP contribution is 2.29. The number of rotatable bonds is 5. The van der Waals surface area contributed by atoms with Crippen LogP contribution < -0.4 is 0 Å². The second kappa shape index (κ2) is 8.19. The monoisotopic (exact) mass is 416 g/mol. The quantitative estimate of drug-likeness (QED) is 0.534. The number of nitrogens with one attached hydrogen (secondary N) is 1. The van der Waals surface area contributed by atoms with Gasteiger partial charge in [0.15, 0.2) is 5.82 Å². The zero-order chi connectivity index (χ0) is 21.4. The van der Waals surface area contributed by atoms with Crippen molar-refractivity contribution in [3.05, 3.63) is 53.4 Å². The molecule has 0 atom stereocenters. The maximum atomic E-state index is 4.78. The molecule has 1 saturated heterocycles. The number of benzene rings is 1. The Hall–Kier alpha value is -3.13. The molecular weight excluding hydrogens is 388 g/mol. The van der Waals surface area contributed by atoms with Gasteiger partial charge in [-0.3, -0.25) is 10.00 Å². The number of hydrogen-bond donors (Lipinski definition) is 1. The Kier molecular flexibility index (Phi) is 5.23. The number of H-pyrrole nitrogens is 1. The fraction of sp³-hybridized carbons (Fsp3) is 0.435. The molecular formula is C23H28N8. The normalized spacial score (nSPS) is 15.7. The number of aryl methyl sites for hydroxylation is 2. The number of nitrogens with zero attached hydrogens (tertiary/aromatic N) is 7. The van der Waals surface area contributed by atoms with Crippen molar-refractivity contribution in [3.8, 4) is 11.5 Å². The van der Waals surface area contributed by atoms with Gasteiger partial charge in [0, 0.05) is 29.2 Å². The van der Waals surface area contributed by atoms with Crippen LogP contribution in [0.15, 0.2) is 30.3 Å². The van der Waals surface area contributed by atoms with Gasteiger partial charge in [-0.15, -0.1) is 10.2 Å². The first-order valence-corrected chi connectivity index (χ1v) is 11.0. The van der Waals surface area contributed by atoms with Crippen molar-refractivity contribution >= 4 is 10.9 Å². The van der Waals surface area contributed by atoms with Gasteiger partial charge in [0.1, 0.15) is 17.3 Å². The minimum Gasteiger partial charge on any atom is -0.310 e. The summed E-state index contributed by atoms with van der Waals surface area (Å²) in [6, 6.07) is 10.4. The molecule has 31 heavy (non-hydrogen) atoms. The molecule has 4 heterocycles. The van der Waals surface area contributed by atoms with Crippen LogP contribution in [0.1, 0.15) is 48.7 Å². The summed E-state index contributed by atoms with van der Waals surface area (Å²) in [7, 11) is 0. The fourth-order valence-electron chi connectivity index (χ4n) is 4.58. The Morgan fingerprint density at radius 2 is 1.87 bits per heavy atom. The summed E-state index contributed by atoms with van der Waals surface area (Å²) in [5.74, 6) is 3.15. The highest BCUT2D eigenvalue weighted by molar-refractivity contribution is 5.80. The highest BCUT2D eigenvalue weighted by Gasteiger charge is 2.24. The lowest BCUT2D eigenvalue weighted by molar-refractivity contribution is 0.199. The van der Waals surface area contributed by atoms with E-state index in [1.54, 1.807) is 0 Å². The molecule has 0 amide bonds. The van der Waals surface area contributed by atoms with Crippen LogP contribution in [0.5, 0.6) is 0 Å². The number of piperidine rings is 1. The van der Waals surface area contributed by atoms with Gasteiger partial charge in [0.25, 0.3) is 0 Å². The van der Waals surface area contributed by atoms with E-state index in [2.05, 4.69) is 61.9 Å². The molecule has 160 valence electrons. The van der Waals surface area contributed by atoms with E-state index in [4.69, 9.17) is 9.97 Å². The predicted octanol–water partition coefficient (Wildman–Crippen LogP) is 3.63. The van der Waals surface area contributed by atoms with Crippen molar-refractivity contribution in [3.63, 3.8) is 0 Å². The zero-order valence-corrected chi connectivity index (χ0v) is 18.3. The van der Waals surface area contributed by atoms with Crippen molar-refractivity contribution in [2.45, 2.75) is 52.6 Å². The molecule has 0 unspecified atom stereocenters. The molecule has 3 aromatic heterocycles. The Labute approximate surface area is 181 Å². The smallest absolute Gasteiger partial charge is 0.184 e. The summed E-state index contributed by atoms with van der Waals surface area (Å²) >= 11 is 0. The maximum absolute atomic E-state index is 4.78. The molecule has 1 aromatic carbocycles. The molecule has 4 aromatic rings. The minimum absolute atomic E-state index is 0.482. The average molecular weight is 417 g/mol. The molecule has 0 aliphatic carbocycles. The van der Waals surface area contributed by atoms with Crippen LogP contribution in [0.3, 0.4) is 0 Å². The fourth-order valence-corrected chi connectivity index (χ4v) is 4.58. The average Bonchev–Trinajstić information content (AvgIpc) is 3.41. The van der Waals surface area contributed by atoms with Crippen molar-refractivity contribution in [2.24, 2.45) is 0 Å². The van der Waals surface area contributed by atoms with Crippen molar-refractivity contribution < 1.29 is 0 Å². The molecule has 5 rings (SSSR count). The largest absolute Gasteiger partial charge is 0.310 e. The third-order valence-corrected chi connectivity index (χ3v) is 6.31. The van der Waals surface area contributed by atoms with Crippen LogP contribution >= 0.6 is 0 Å². The molecule has 0 spiro atoms. The Bertz CT molecular complexity index is 1200. The predicted molar refractivity (Wildman–Crippen MR) is 120 cm³/mol. The van der Waals surface area contributed by atoms with Crippen LogP contribution in [0.2, 0.25) is 0 Å². The van der Waals surface area contributed by atoms with Gasteiger partial charge in [-0.05, 0) is 58.8 Å². The molecule has 8 heteroatoms. The van der Waals surface area contributed by atoms with Crippen molar-refractivity contribution in [1.82, 2.24) is 39.8 Å². The van der Waals surface area contributed by atoms with E-state index in [1.165, 1.54) is 5.69 Å². The molecule has 8 nitrogen and oxygen atoms in total. The standard InChI is InChI=1S/C23H28N8/c1-4-31-16(3)26-29-23(31)21-13-20(27-28-21)17-9-11-30(12-10-17)14-22-24-15(2)18-7-5-6-8-19(18)25-22/h5-8,13,17H,4,9-12,14H2,1-3H3,(H,27,28). The van der Waals surface area contributed by atoms with Gasteiger partial charge in [-0.1, -0.05) is 18.2 Å². The maximum Gasteiger partial charge on any atom is 0.184 e. The molecule has 1 fully saturated rings. The first-order chi connectivity index (χ1) is 15.1. The van der Waals surface area contributed by atoms with E-state index < -0.39 is 0 Å². The van der Waals surface area contributed by atoms with Crippen LogP contribution in [-0.4, -0.2) is 52.9 Å². The molecule has 1 N–H and O–H groups in total. The number of aromatic nitrogens is 7. The van der Waals surface area contributed by atoms with E-state index in [1.807, 2.05) is 19.1 Å².